The first-order valence-electron chi connectivity index (χ1n) is 6.50. The van der Waals surface area contributed by atoms with Gasteiger partial charge in [0, 0.05) is 0 Å². The molecule has 6 heteroatoms. The molecule has 0 N–H and O–H groups in total. The second-order valence-corrected chi connectivity index (χ2v) is 7.84. The van der Waals surface area contributed by atoms with E-state index in [0.29, 0.717) is 5.56 Å². The van der Waals surface area contributed by atoms with Crippen LogP contribution in [0, 0.1) is 11.3 Å². The van der Waals surface area contributed by atoms with Gasteiger partial charge in [-0.3, -0.25) is 4.79 Å². The van der Waals surface area contributed by atoms with Gasteiger partial charge in [0.25, 0.3) is 0 Å². The molecule has 0 aliphatic carbocycles. The third kappa shape index (κ3) is 6.41. The Morgan fingerprint density at radius 3 is 2.33 bits per heavy atom. The van der Waals surface area contributed by atoms with Gasteiger partial charge in [-0.25, -0.2) is 8.42 Å². The number of benzene rings is 1. The number of hydrogen-bond donors (Lipinski definition) is 0. The number of sulfone groups is 1. The van der Waals surface area contributed by atoms with E-state index in [9.17, 15) is 13.2 Å². The van der Waals surface area contributed by atoms with Crippen molar-refractivity contribution < 1.29 is 17.9 Å². The Labute approximate surface area is 125 Å². The predicted octanol–water partition coefficient (Wildman–Crippen LogP) is 2.05. The lowest BCUT2D eigenvalue weighted by Crippen LogP contribution is -2.30. The van der Waals surface area contributed by atoms with Crippen molar-refractivity contribution in [3.05, 3.63) is 35.9 Å². The van der Waals surface area contributed by atoms with Gasteiger partial charge in [-0.15, -0.1) is 0 Å². The highest BCUT2D eigenvalue weighted by Crippen LogP contribution is 2.17. The van der Waals surface area contributed by atoms with Crippen molar-refractivity contribution in [2.75, 3.05) is 11.5 Å². The molecular formula is C15H19NO4S. The molecule has 0 fully saturated rings. The Kier molecular flexibility index (Phi) is 5.50. The van der Waals surface area contributed by atoms with Crippen molar-refractivity contribution >= 4 is 15.8 Å². The summed E-state index contributed by atoms with van der Waals surface area (Å²) >= 11 is 0. The third-order valence-corrected chi connectivity index (χ3v) is 4.05. The molecule has 0 aromatic heterocycles. The van der Waals surface area contributed by atoms with Crippen LogP contribution in [-0.2, 0) is 19.4 Å². The van der Waals surface area contributed by atoms with Crippen LogP contribution in [0.2, 0.25) is 0 Å². The molecule has 0 saturated carbocycles. The van der Waals surface area contributed by atoms with Gasteiger partial charge >= 0.3 is 5.97 Å². The Bertz CT molecular complexity index is 624. The number of hydrogen-bond acceptors (Lipinski definition) is 5. The van der Waals surface area contributed by atoms with Crippen LogP contribution in [0.3, 0.4) is 0 Å². The molecule has 0 spiro atoms. The number of nitriles is 1. The lowest BCUT2D eigenvalue weighted by molar-refractivity contribution is -0.151. The highest BCUT2D eigenvalue weighted by Gasteiger charge is 2.26. The van der Waals surface area contributed by atoms with Gasteiger partial charge in [-0.1, -0.05) is 30.3 Å². The Morgan fingerprint density at radius 1 is 1.29 bits per heavy atom. The summed E-state index contributed by atoms with van der Waals surface area (Å²) in [6, 6.07) is 10.6. The van der Waals surface area contributed by atoms with Crippen molar-refractivity contribution in [3.8, 4) is 6.07 Å². The molecule has 1 unspecified atom stereocenters. The minimum Gasteiger partial charge on any atom is -0.459 e. The second-order valence-electron chi connectivity index (χ2n) is 5.73. The van der Waals surface area contributed by atoms with Crippen molar-refractivity contribution in [3.63, 3.8) is 0 Å². The van der Waals surface area contributed by atoms with Crippen LogP contribution in [0.4, 0.5) is 0 Å². The van der Waals surface area contributed by atoms with Gasteiger partial charge in [0.15, 0.2) is 9.84 Å². The zero-order valence-corrected chi connectivity index (χ0v) is 13.2. The molecule has 5 nitrogen and oxygen atoms in total. The van der Waals surface area contributed by atoms with Gasteiger partial charge < -0.3 is 4.74 Å². The quantitative estimate of drug-likeness (QED) is 0.777. The van der Waals surface area contributed by atoms with E-state index in [1.165, 1.54) is 0 Å². The van der Waals surface area contributed by atoms with Crippen LogP contribution >= 0.6 is 0 Å². The van der Waals surface area contributed by atoms with E-state index in [1.54, 1.807) is 51.1 Å². The number of ether oxygens (including phenoxy) is 1. The first-order chi connectivity index (χ1) is 9.63. The molecule has 1 rings (SSSR count). The van der Waals surface area contributed by atoms with E-state index in [2.05, 4.69) is 0 Å². The van der Waals surface area contributed by atoms with E-state index in [1.807, 2.05) is 6.07 Å². The van der Waals surface area contributed by atoms with E-state index in [0.717, 1.165) is 0 Å². The molecule has 114 valence electrons. The summed E-state index contributed by atoms with van der Waals surface area (Å²) in [5.74, 6) is -2.70. The fourth-order valence-electron chi connectivity index (χ4n) is 1.76. The molecule has 0 amide bonds. The lowest BCUT2D eigenvalue weighted by atomic mass is 10.0. The summed E-state index contributed by atoms with van der Waals surface area (Å²) in [4.78, 5) is 11.6. The van der Waals surface area contributed by atoms with Crippen molar-refractivity contribution in [2.45, 2.75) is 32.3 Å². The molecule has 0 radical (unpaired) electrons. The van der Waals surface area contributed by atoms with Gasteiger partial charge in [0.05, 0.1) is 17.7 Å². The summed E-state index contributed by atoms with van der Waals surface area (Å²) in [6.07, 6.45) is 0. The molecule has 0 bridgehead atoms. The number of carbonyl (C=O) groups excluding carboxylic acids is 1. The minimum atomic E-state index is -3.71. The zero-order valence-electron chi connectivity index (χ0n) is 12.4. The van der Waals surface area contributed by atoms with Crippen molar-refractivity contribution in [2.24, 2.45) is 0 Å². The van der Waals surface area contributed by atoms with E-state index >= 15 is 0 Å². The van der Waals surface area contributed by atoms with E-state index in [-0.39, 0.29) is 0 Å². The van der Waals surface area contributed by atoms with Crippen LogP contribution in [0.1, 0.15) is 32.3 Å². The van der Waals surface area contributed by atoms with Crippen LogP contribution in [0.15, 0.2) is 30.3 Å². The summed E-state index contributed by atoms with van der Waals surface area (Å²) in [5.41, 5.74) is -0.117. The van der Waals surface area contributed by atoms with Crippen LogP contribution in [0.25, 0.3) is 0 Å². The Hall–Kier alpha value is -1.87. The molecule has 0 aliphatic heterocycles. The summed E-state index contributed by atoms with van der Waals surface area (Å²) in [6.45, 7) is 5.00. The first-order valence-corrected chi connectivity index (χ1v) is 8.32. The van der Waals surface area contributed by atoms with Gasteiger partial charge in [0.2, 0.25) is 0 Å². The van der Waals surface area contributed by atoms with Crippen LogP contribution < -0.4 is 0 Å². The molecule has 1 aromatic carbocycles. The van der Waals surface area contributed by atoms with Crippen LogP contribution in [-0.4, -0.2) is 31.5 Å². The SMILES string of the molecule is CC(C)(C)OC(=O)CS(=O)(=O)CC(C#N)c1ccccc1. The maximum atomic E-state index is 12.0. The Morgan fingerprint density at radius 2 is 1.86 bits per heavy atom. The van der Waals surface area contributed by atoms with Gasteiger partial charge in [0.1, 0.15) is 11.4 Å². The average molecular weight is 309 g/mol. The molecule has 1 atom stereocenters. The standard InChI is InChI=1S/C15H19NO4S/c1-15(2,3)20-14(17)11-21(18,19)10-13(9-16)12-7-5-4-6-8-12/h4-8,13H,10-11H2,1-3H3. The maximum absolute atomic E-state index is 12.0. The molecule has 21 heavy (non-hydrogen) atoms. The molecule has 1 aromatic rings. The Balaban J connectivity index is 2.76. The highest BCUT2D eigenvalue weighted by molar-refractivity contribution is 7.92. The minimum absolute atomic E-state index is 0.396. The van der Waals surface area contributed by atoms with Gasteiger partial charge in [-0.05, 0) is 26.3 Å². The fraction of sp³-hybridized carbons (Fsp3) is 0.467. The second kappa shape index (κ2) is 6.72. The third-order valence-electron chi connectivity index (χ3n) is 2.54. The van der Waals surface area contributed by atoms with Crippen molar-refractivity contribution in [1.29, 1.82) is 5.26 Å². The number of nitrogens with zero attached hydrogens (tertiary/aromatic N) is 1. The predicted molar refractivity (Wildman–Crippen MR) is 79.3 cm³/mol. The summed E-state index contributed by atoms with van der Waals surface area (Å²) in [5, 5.41) is 9.13. The fourth-order valence-corrected chi connectivity index (χ4v) is 3.07. The zero-order chi connectivity index (χ0) is 16.1. The topological polar surface area (TPSA) is 84.2 Å². The number of carbonyl (C=O) groups is 1. The van der Waals surface area contributed by atoms with E-state index < -0.39 is 38.8 Å². The van der Waals surface area contributed by atoms with Crippen LogP contribution in [0.5, 0.6) is 0 Å². The summed E-state index contributed by atoms with van der Waals surface area (Å²) in [7, 11) is -3.71. The number of rotatable bonds is 5. The smallest absolute Gasteiger partial charge is 0.321 e. The summed E-state index contributed by atoms with van der Waals surface area (Å²) < 4.78 is 29.0. The molecule has 0 heterocycles. The molecule has 0 aliphatic rings. The maximum Gasteiger partial charge on any atom is 0.321 e. The molecule has 0 saturated heterocycles. The first kappa shape index (κ1) is 17.2. The lowest BCUT2D eigenvalue weighted by Gasteiger charge is -2.19. The van der Waals surface area contributed by atoms with Crippen molar-refractivity contribution in [1.82, 2.24) is 0 Å². The highest BCUT2D eigenvalue weighted by atomic mass is 32.2. The molecular weight excluding hydrogens is 290 g/mol. The monoisotopic (exact) mass is 309 g/mol. The number of esters is 1. The van der Waals surface area contributed by atoms with E-state index in [4.69, 9.17) is 10.00 Å². The normalized spacial score (nSPS) is 13.2. The van der Waals surface area contributed by atoms with Gasteiger partial charge in [-0.2, -0.15) is 5.26 Å². The largest absolute Gasteiger partial charge is 0.459 e. The average Bonchev–Trinajstić information content (AvgIpc) is 2.34.